The van der Waals surface area contributed by atoms with Crippen LogP contribution in [0.25, 0.3) is 0 Å². The molecule has 1 saturated carbocycles. The van der Waals surface area contributed by atoms with Gasteiger partial charge in [-0.3, -0.25) is 0 Å². The minimum absolute atomic E-state index is 0.153. The first-order valence-corrected chi connectivity index (χ1v) is 4.80. The van der Waals surface area contributed by atoms with Crippen molar-refractivity contribution in [2.45, 2.75) is 19.4 Å². The molecular formula is C11H13F2N. The third-order valence-corrected chi connectivity index (χ3v) is 2.96. The van der Waals surface area contributed by atoms with Gasteiger partial charge in [0, 0.05) is 6.04 Å². The average molecular weight is 197 g/mol. The molecule has 3 atom stereocenters. The Hall–Kier alpha value is -0.960. The van der Waals surface area contributed by atoms with Crippen molar-refractivity contribution in [2.75, 3.05) is 0 Å². The molecule has 1 aromatic rings. The largest absolute Gasteiger partial charge is 0.324 e. The highest BCUT2D eigenvalue weighted by molar-refractivity contribution is 5.23. The van der Waals surface area contributed by atoms with Gasteiger partial charge in [0.1, 0.15) is 0 Å². The van der Waals surface area contributed by atoms with Gasteiger partial charge in [0.2, 0.25) is 0 Å². The van der Waals surface area contributed by atoms with E-state index < -0.39 is 11.6 Å². The minimum atomic E-state index is -0.815. The van der Waals surface area contributed by atoms with Crippen LogP contribution in [0.2, 0.25) is 0 Å². The highest BCUT2D eigenvalue weighted by Gasteiger charge is 2.38. The molecule has 2 N–H and O–H groups in total. The fourth-order valence-corrected chi connectivity index (χ4v) is 1.82. The predicted molar refractivity (Wildman–Crippen MR) is 50.6 cm³/mol. The summed E-state index contributed by atoms with van der Waals surface area (Å²) in [5, 5.41) is 0. The third kappa shape index (κ3) is 1.64. The molecule has 1 aliphatic rings. The van der Waals surface area contributed by atoms with Crippen LogP contribution in [0.1, 0.15) is 24.9 Å². The summed E-state index contributed by atoms with van der Waals surface area (Å²) in [5.41, 5.74) is 6.61. The summed E-state index contributed by atoms with van der Waals surface area (Å²) < 4.78 is 25.5. The highest BCUT2D eigenvalue weighted by Crippen LogP contribution is 2.45. The molecule has 1 nitrogen and oxygen atoms in total. The van der Waals surface area contributed by atoms with Gasteiger partial charge < -0.3 is 5.73 Å². The van der Waals surface area contributed by atoms with E-state index in [0.717, 1.165) is 12.5 Å². The number of hydrogen-bond donors (Lipinski definition) is 1. The van der Waals surface area contributed by atoms with Crippen LogP contribution in [-0.2, 0) is 0 Å². The Bertz CT molecular complexity index is 351. The van der Waals surface area contributed by atoms with Gasteiger partial charge in [-0.25, -0.2) is 8.78 Å². The normalized spacial score (nSPS) is 27.4. The van der Waals surface area contributed by atoms with E-state index >= 15 is 0 Å². The van der Waals surface area contributed by atoms with Crippen LogP contribution in [0, 0.1) is 23.5 Å². The van der Waals surface area contributed by atoms with E-state index in [1.165, 1.54) is 6.07 Å². The Kier molecular flexibility index (Phi) is 2.27. The van der Waals surface area contributed by atoms with Crippen molar-refractivity contribution in [3.8, 4) is 0 Å². The van der Waals surface area contributed by atoms with Gasteiger partial charge in [0.15, 0.2) is 11.6 Å². The second-order valence-electron chi connectivity index (χ2n) is 4.08. The second-order valence-corrected chi connectivity index (χ2v) is 4.08. The van der Waals surface area contributed by atoms with E-state index in [9.17, 15) is 8.78 Å². The molecule has 3 heteroatoms. The van der Waals surface area contributed by atoms with Crippen molar-refractivity contribution in [3.63, 3.8) is 0 Å². The topological polar surface area (TPSA) is 26.0 Å². The molecule has 0 heterocycles. The highest BCUT2D eigenvalue weighted by atomic mass is 19.2. The fourth-order valence-electron chi connectivity index (χ4n) is 1.82. The summed E-state index contributed by atoms with van der Waals surface area (Å²) in [6, 6.07) is 3.75. The lowest BCUT2D eigenvalue weighted by Gasteiger charge is -2.11. The molecule has 0 saturated heterocycles. The van der Waals surface area contributed by atoms with Crippen LogP contribution in [0.5, 0.6) is 0 Å². The van der Waals surface area contributed by atoms with E-state index in [1.807, 2.05) is 0 Å². The third-order valence-electron chi connectivity index (χ3n) is 2.96. The van der Waals surface area contributed by atoms with Gasteiger partial charge in [-0.2, -0.15) is 0 Å². The van der Waals surface area contributed by atoms with E-state index in [1.54, 1.807) is 6.07 Å². The summed E-state index contributed by atoms with van der Waals surface area (Å²) in [6.45, 7) is 2.12. The molecule has 0 spiro atoms. The first-order valence-electron chi connectivity index (χ1n) is 4.80. The summed E-state index contributed by atoms with van der Waals surface area (Å²) in [4.78, 5) is 0. The van der Waals surface area contributed by atoms with Crippen molar-refractivity contribution in [3.05, 3.63) is 35.4 Å². The van der Waals surface area contributed by atoms with Crippen LogP contribution in [-0.4, -0.2) is 0 Å². The van der Waals surface area contributed by atoms with Gasteiger partial charge >= 0.3 is 0 Å². The van der Waals surface area contributed by atoms with Crippen molar-refractivity contribution >= 4 is 0 Å². The molecule has 0 bridgehead atoms. The Morgan fingerprint density at radius 3 is 2.50 bits per heavy atom. The van der Waals surface area contributed by atoms with Gasteiger partial charge in [-0.1, -0.05) is 13.0 Å². The molecule has 1 fully saturated rings. The quantitative estimate of drug-likeness (QED) is 0.774. The van der Waals surface area contributed by atoms with Crippen LogP contribution in [0.4, 0.5) is 8.78 Å². The fraction of sp³-hybridized carbons (Fsp3) is 0.455. The molecule has 14 heavy (non-hydrogen) atoms. The van der Waals surface area contributed by atoms with Crippen molar-refractivity contribution in [1.29, 1.82) is 0 Å². The summed E-state index contributed by atoms with van der Waals surface area (Å²) >= 11 is 0. The second kappa shape index (κ2) is 3.31. The van der Waals surface area contributed by atoms with Crippen LogP contribution >= 0.6 is 0 Å². The average Bonchev–Trinajstić information content (AvgIpc) is 2.86. The molecule has 1 aromatic carbocycles. The van der Waals surface area contributed by atoms with Crippen LogP contribution in [0.15, 0.2) is 18.2 Å². The molecule has 76 valence electrons. The van der Waals surface area contributed by atoms with Gasteiger partial charge in [0.05, 0.1) is 0 Å². The number of hydrogen-bond acceptors (Lipinski definition) is 1. The minimum Gasteiger partial charge on any atom is -0.324 e. The zero-order valence-electron chi connectivity index (χ0n) is 8.00. The Morgan fingerprint density at radius 1 is 1.36 bits per heavy atom. The van der Waals surface area contributed by atoms with E-state index in [-0.39, 0.29) is 6.04 Å². The summed E-state index contributed by atoms with van der Waals surface area (Å²) in [6.07, 6.45) is 1.08. The smallest absolute Gasteiger partial charge is 0.159 e. The first kappa shape index (κ1) is 9.59. The van der Waals surface area contributed by atoms with Gasteiger partial charge in [0.25, 0.3) is 0 Å². The number of halogens is 2. The first-order chi connectivity index (χ1) is 6.59. The number of nitrogens with two attached hydrogens (primary N) is 1. The summed E-state index contributed by atoms with van der Waals surface area (Å²) in [7, 11) is 0. The zero-order chi connectivity index (χ0) is 10.3. The van der Waals surface area contributed by atoms with Crippen LogP contribution < -0.4 is 5.73 Å². The lowest BCUT2D eigenvalue weighted by atomic mass is 10.0. The molecule has 0 radical (unpaired) electrons. The van der Waals surface area contributed by atoms with E-state index in [4.69, 9.17) is 5.73 Å². The molecule has 0 aromatic heterocycles. The predicted octanol–water partition coefficient (Wildman–Crippen LogP) is 2.62. The van der Waals surface area contributed by atoms with Crippen LogP contribution in [0.3, 0.4) is 0 Å². The molecule has 0 aliphatic heterocycles. The Morgan fingerprint density at radius 2 is 2.00 bits per heavy atom. The molecule has 3 unspecified atom stereocenters. The summed E-state index contributed by atoms with van der Waals surface area (Å²) in [5.74, 6) is -0.589. The molecule has 0 amide bonds. The Balaban J connectivity index is 2.20. The Labute approximate surface area is 81.9 Å². The monoisotopic (exact) mass is 197 g/mol. The SMILES string of the molecule is CC1CC1C(N)c1ccc(F)c(F)c1. The standard InChI is InChI=1S/C11H13F2N/c1-6-4-8(6)11(14)7-2-3-9(12)10(13)5-7/h2-3,5-6,8,11H,4,14H2,1H3. The van der Waals surface area contributed by atoms with E-state index in [2.05, 4.69) is 6.92 Å². The van der Waals surface area contributed by atoms with Crippen molar-refractivity contribution in [2.24, 2.45) is 17.6 Å². The number of rotatable bonds is 2. The maximum atomic E-state index is 12.9. The van der Waals surface area contributed by atoms with Crippen molar-refractivity contribution < 1.29 is 8.78 Å². The number of benzene rings is 1. The molecule has 2 rings (SSSR count). The van der Waals surface area contributed by atoms with E-state index in [0.29, 0.717) is 17.4 Å². The lowest BCUT2D eigenvalue weighted by molar-refractivity contribution is 0.501. The van der Waals surface area contributed by atoms with Gasteiger partial charge in [-0.05, 0) is 36.0 Å². The van der Waals surface area contributed by atoms with Gasteiger partial charge in [-0.15, -0.1) is 0 Å². The molecular weight excluding hydrogens is 184 g/mol. The zero-order valence-corrected chi connectivity index (χ0v) is 8.00. The maximum absolute atomic E-state index is 12.9. The molecule has 1 aliphatic carbocycles. The van der Waals surface area contributed by atoms with Crippen molar-refractivity contribution in [1.82, 2.24) is 0 Å². The maximum Gasteiger partial charge on any atom is 0.159 e. The lowest BCUT2D eigenvalue weighted by Crippen LogP contribution is -2.13.